The third-order valence-electron chi connectivity index (χ3n) is 8.53. The quantitative estimate of drug-likeness (QED) is 0.187. The van der Waals surface area contributed by atoms with Gasteiger partial charge in [-0.2, -0.15) is 15.2 Å². The molecule has 268 valence electrons. The van der Waals surface area contributed by atoms with Crippen molar-refractivity contribution >= 4 is 40.1 Å². The third kappa shape index (κ3) is 8.20. The summed E-state index contributed by atoms with van der Waals surface area (Å²) in [4.78, 5) is 34.0. The molecule has 0 bridgehead atoms. The average molecular weight is 710 g/mol. The Bertz CT molecular complexity index is 1820. The van der Waals surface area contributed by atoms with Gasteiger partial charge in [0.05, 0.1) is 23.9 Å². The average Bonchev–Trinajstić information content (AvgIpc) is 3.05. The highest BCUT2D eigenvalue weighted by Gasteiger charge is 2.37. The molecule has 0 N–H and O–H groups in total. The van der Waals surface area contributed by atoms with Crippen LogP contribution in [0.25, 0.3) is 22.0 Å². The van der Waals surface area contributed by atoms with E-state index in [9.17, 15) is 10.1 Å². The molecule has 3 heterocycles. The number of nitrogens with zero attached hydrogens (tertiary/aromatic N) is 7. The van der Waals surface area contributed by atoms with E-state index in [1.165, 1.54) is 0 Å². The zero-order valence-corrected chi connectivity index (χ0v) is 30.7. The van der Waals surface area contributed by atoms with Crippen molar-refractivity contribution in [2.24, 2.45) is 5.16 Å². The van der Waals surface area contributed by atoms with Gasteiger partial charge in [-0.15, -0.1) is 0 Å². The highest BCUT2D eigenvalue weighted by Crippen LogP contribution is 2.43. The van der Waals surface area contributed by atoms with Gasteiger partial charge in [0.1, 0.15) is 35.2 Å². The molecule has 1 amide bonds. The van der Waals surface area contributed by atoms with E-state index >= 15 is 4.39 Å². The van der Waals surface area contributed by atoms with Crippen LogP contribution in [-0.4, -0.2) is 102 Å². The second-order valence-corrected chi connectivity index (χ2v) is 14.3. The van der Waals surface area contributed by atoms with E-state index in [0.717, 1.165) is 13.1 Å². The molecule has 0 spiro atoms. The van der Waals surface area contributed by atoms with Crippen LogP contribution in [0.1, 0.15) is 59.6 Å². The summed E-state index contributed by atoms with van der Waals surface area (Å²) in [6.07, 6.45) is -0.399. The van der Waals surface area contributed by atoms with Gasteiger partial charge in [-0.1, -0.05) is 22.8 Å². The lowest BCUT2D eigenvalue weighted by Gasteiger charge is -2.45. The Balaban J connectivity index is 1.61. The van der Waals surface area contributed by atoms with Gasteiger partial charge in [0, 0.05) is 61.3 Å². The van der Waals surface area contributed by atoms with Crippen LogP contribution in [0.2, 0.25) is 5.02 Å². The minimum Gasteiger partial charge on any atom is -0.462 e. The Morgan fingerprint density at radius 2 is 1.86 bits per heavy atom. The Morgan fingerprint density at radius 1 is 1.14 bits per heavy atom. The molecule has 50 heavy (non-hydrogen) atoms. The number of halogens is 2. The number of benzene rings is 2. The minimum absolute atomic E-state index is 0.00410. The van der Waals surface area contributed by atoms with Crippen LogP contribution in [0, 0.1) is 24.1 Å². The van der Waals surface area contributed by atoms with Crippen LogP contribution in [0.15, 0.2) is 23.4 Å². The van der Waals surface area contributed by atoms with E-state index in [1.54, 1.807) is 43.9 Å². The van der Waals surface area contributed by atoms with Crippen LogP contribution in [0.3, 0.4) is 0 Å². The van der Waals surface area contributed by atoms with Crippen molar-refractivity contribution in [3.63, 3.8) is 0 Å². The number of piperazine rings is 1. The summed E-state index contributed by atoms with van der Waals surface area (Å²) in [5, 5.41) is 14.7. The first kappa shape index (κ1) is 37.0. The number of nitriles is 1. The Morgan fingerprint density at radius 3 is 2.52 bits per heavy atom. The molecule has 12 nitrogen and oxygen atoms in total. The zero-order chi connectivity index (χ0) is 36.3. The van der Waals surface area contributed by atoms with Crippen molar-refractivity contribution in [3.8, 4) is 29.0 Å². The third-order valence-corrected chi connectivity index (χ3v) is 8.83. The van der Waals surface area contributed by atoms with Gasteiger partial charge in [-0.25, -0.2) is 9.18 Å². The molecule has 2 atom stereocenters. The summed E-state index contributed by atoms with van der Waals surface area (Å²) in [6, 6.07) is 6.65. The zero-order valence-electron chi connectivity index (χ0n) is 30.0. The molecule has 2 aliphatic rings. The molecule has 14 heteroatoms. The van der Waals surface area contributed by atoms with Crippen LogP contribution in [0.4, 0.5) is 15.0 Å². The lowest BCUT2D eigenvalue weighted by molar-refractivity contribution is 0.0129. The Hall–Kier alpha value is -4.25. The predicted molar refractivity (Wildman–Crippen MR) is 191 cm³/mol. The number of aromatic nitrogens is 2. The molecule has 0 radical (unpaired) electrons. The minimum atomic E-state index is -0.728. The maximum absolute atomic E-state index is 17.1. The number of oxime groups is 1. The smallest absolute Gasteiger partial charge is 0.410 e. The second kappa shape index (κ2) is 15.3. The molecule has 2 aromatic carbocycles. The molecule has 0 aliphatic carbocycles. The summed E-state index contributed by atoms with van der Waals surface area (Å²) in [5.41, 5.74) is 0.985. The summed E-state index contributed by atoms with van der Waals surface area (Å²) in [6.45, 7) is 19.2. The molecule has 5 rings (SSSR count). The van der Waals surface area contributed by atoms with Gasteiger partial charge in [0.15, 0.2) is 11.6 Å². The van der Waals surface area contributed by atoms with Crippen LogP contribution < -0.4 is 14.5 Å². The fraction of sp³-hybridized carbons (Fsp3) is 0.528. The van der Waals surface area contributed by atoms with Gasteiger partial charge in [0.2, 0.25) is 0 Å². The van der Waals surface area contributed by atoms with Crippen molar-refractivity contribution in [3.05, 3.63) is 40.2 Å². The number of ether oxygens (including phenoxy) is 3. The highest BCUT2D eigenvalue weighted by molar-refractivity contribution is 6.34. The van der Waals surface area contributed by atoms with E-state index in [1.807, 2.05) is 39.5 Å². The van der Waals surface area contributed by atoms with Gasteiger partial charge in [-0.3, -0.25) is 4.90 Å². The number of aryl methyl sites for hydroxylation is 1. The van der Waals surface area contributed by atoms with Crippen molar-refractivity contribution in [2.45, 2.75) is 73.1 Å². The topological polar surface area (TPSA) is 126 Å². The summed E-state index contributed by atoms with van der Waals surface area (Å²) < 4.78 is 34.3. The lowest BCUT2D eigenvalue weighted by atomic mass is 9.93. The van der Waals surface area contributed by atoms with Gasteiger partial charge < -0.3 is 28.8 Å². The molecule has 2 fully saturated rings. The fourth-order valence-corrected chi connectivity index (χ4v) is 6.38. The van der Waals surface area contributed by atoms with Crippen molar-refractivity contribution in [1.29, 1.82) is 5.26 Å². The molecule has 0 saturated carbocycles. The first-order valence-electron chi connectivity index (χ1n) is 16.8. The molecule has 2 saturated heterocycles. The van der Waals surface area contributed by atoms with E-state index in [0.29, 0.717) is 55.3 Å². The first-order valence-corrected chi connectivity index (χ1v) is 17.2. The number of hydrogen-bond donors (Lipinski definition) is 0. The van der Waals surface area contributed by atoms with Gasteiger partial charge in [0.25, 0.3) is 0 Å². The summed E-state index contributed by atoms with van der Waals surface area (Å²) >= 11 is 6.93. The van der Waals surface area contributed by atoms with E-state index in [2.05, 4.69) is 21.1 Å². The summed E-state index contributed by atoms with van der Waals surface area (Å²) in [7, 11) is 0. The monoisotopic (exact) mass is 709 g/mol. The normalized spacial score (nSPS) is 18.5. The number of amides is 1. The highest BCUT2D eigenvalue weighted by atomic mass is 35.5. The first-order chi connectivity index (χ1) is 23.7. The number of hydrogen-bond acceptors (Lipinski definition) is 11. The van der Waals surface area contributed by atoms with Gasteiger partial charge >= 0.3 is 12.1 Å². The van der Waals surface area contributed by atoms with Crippen molar-refractivity contribution < 1.29 is 28.2 Å². The molecule has 1 aromatic heterocycles. The fourth-order valence-electron chi connectivity index (χ4n) is 6.10. The maximum Gasteiger partial charge on any atom is 0.410 e. The SMILES string of the molecule is CC(C)=NOc1ccc(C)c(-c2c(Cl)cc3c(N4C[C@H](C)N(C(=O)OC(C)(C)C)C[C@@H]4C)nc(OCCN4CCOCC4)nc3c2F)c1C#N. The van der Waals surface area contributed by atoms with Crippen molar-refractivity contribution in [2.75, 3.05) is 57.4 Å². The molecule has 0 unspecified atom stereocenters. The molecule has 2 aliphatic heterocycles. The maximum atomic E-state index is 17.1. The molecular weight excluding hydrogens is 665 g/mol. The Labute approximate surface area is 297 Å². The van der Waals surface area contributed by atoms with E-state index in [-0.39, 0.29) is 57.7 Å². The number of anilines is 1. The van der Waals surface area contributed by atoms with E-state index in [4.69, 9.17) is 35.6 Å². The number of morpholine rings is 1. The van der Waals surface area contributed by atoms with Crippen LogP contribution in [-0.2, 0) is 9.47 Å². The van der Waals surface area contributed by atoms with E-state index < -0.39 is 17.5 Å². The number of carbonyl (C=O) groups excluding carboxylic acids is 1. The second-order valence-electron chi connectivity index (χ2n) is 13.9. The summed E-state index contributed by atoms with van der Waals surface area (Å²) in [5.74, 6) is -0.130. The number of carbonyl (C=O) groups is 1. The largest absolute Gasteiger partial charge is 0.462 e. The standard InChI is InChI=1S/C36H45ClFN7O5/c1-21(2)42-50-28-10-9-22(3)29(26(28)18-39)30-27(37)17-25-32(31(30)38)40-34(48-16-13-43-11-14-47-15-12-43)41-33(25)44-19-24(5)45(20-23(44)4)35(46)49-36(6,7)8/h9-10,17,23-24H,11-16,19-20H2,1-8H3/t23-,24-/m0/s1. The van der Waals surface area contributed by atoms with Gasteiger partial charge in [-0.05, 0) is 73.1 Å². The lowest BCUT2D eigenvalue weighted by Crippen LogP contribution is -2.59. The molecular formula is C36H45ClFN7O5. The number of rotatable bonds is 8. The van der Waals surface area contributed by atoms with Crippen molar-refractivity contribution in [1.82, 2.24) is 19.8 Å². The van der Waals surface area contributed by atoms with Crippen LogP contribution in [0.5, 0.6) is 11.8 Å². The van der Waals surface area contributed by atoms with Crippen LogP contribution >= 0.6 is 11.6 Å². The predicted octanol–water partition coefficient (Wildman–Crippen LogP) is 6.59. The number of fused-ring (bicyclic) bond motifs is 1. The Kier molecular flexibility index (Phi) is 11.3. The molecule has 3 aromatic rings.